The number of hydrogen-bond acceptors (Lipinski definition) is 3. The van der Waals surface area contributed by atoms with Crippen LogP contribution in [0.1, 0.15) is 22.1 Å². The van der Waals surface area contributed by atoms with E-state index in [9.17, 15) is 5.11 Å². The van der Waals surface area contributed by atoms with Crippen LogP contribution in [0.5, 0.6) is 5.75 Å². The first-order valence-electron chi connectivity index (χ1n) is 6.81. The molecule has 21 heavy (non-hydrogen) atoms. The third kappa shape index (κ3) is 3.51. The second-order valence-corrected chi connectivity index (χ2v) is 5.74. The van der Waals surface area contributed by atoms with Crippen LogP contribution >= 0.6 is 11.3 Å². The smallest absolute Gasteiger partial charge is 0.120 e. The van der Waals surface area contributed by atoms with Gasteiger partial charge in [-0.15, -0.1) is 11.3 Å². The molecule has 1 N–H and O–H groups in total. The van der Waals surface area contributed by atoms with Crippen LogP contribution in [0.15, 0.2) is 72.1 Å². The van der Waals surface area contributed by atoms with Crippen LogP contribution in [0.25, 0.3) is 0 Å². The number of hydrogen-bond donors (Lipinski definition) is 1. The lowest BCUT2D eigenvalue weighted by atomic mass is 10.1. The quantitative estimate of drug-likeness (QED) is 0.755. The first-order chi connectivity index (χ1) is 10.3. The summed E-state index contributed by atoms with van der Waals surface area (Å²) in [5.41, 5.74) is 1.98. The summed E-state index contributed by atoms with van der Waals surface area (Å²) in [6.45, 7) is 0.527. The first kappa shape index (κ1) is 13.9. The Hall–Kier alpha value is -2.10. The summed E-state index contributed by atoms with van der Waals surface area (Å²) in [6, 6.07) is 21.6. The number of benzene rings is 2. The molecule has 0 saturated heterocycles. The van der Waals surface area contributed by atoms with Gasteiger partial charge in [-0.25, -0.2) is 0 Å². The molecule has 0 spiro atoms. The van der Waals surface area contributed by atoms with Gasteiger partial charge in [0.2, 0.25) is 0 Å². The molecular weight excluding hydrogens is 280 g/mol. The lowest BCUT2D eigenvalue weighted by Gasteiger charge is -2.12. The van der Waals surface area contributed by atoms with Crippen molar-refractivity contribution in [2.45, 2.75) is 12.7 Å². The highest BCUT2D eigenvalue weighted by Gasteiger charge is 2.11. The van der Waals surface area contributed by atoms with E-state index in [-0.39, 0.29) is 0 Å². The van der Waals surface area contributed by atoms with E-state index in [1.54, 1.807) is 11.3 Å². The summed E-state index contributed by atoms with van der Waals surface area (Å²) in [6.07, 6.45) is -0.592. The molecule has 1 unspecified atom stereocenters. The molecule has 1 aromatic heterocycles. The summed E-state index contributed by atoms with van der Waals surface area (Å²) >= 11 is 1.55. The maximum absolute atomic E-state index is 10.3. The zero-order chi connectivity index (χ0) is 14.5. The van der Waals surface area contributed by atoms with Crippen molar-refractivity contribution in [2.75, 3.05) is 0 Å². The average Bonchev–Trinajstić information content (AvgIpc) is 3.08. The molecule has 106 valence electrons. The molecule has 3 heteroatoms. The van der Waals surface area contributed by atoms with Crippen LogP contribution < -0.4 is 4.74 Å². The predicted octanol–water partition coefficient (Wildman–Crippen LogP) is 4.41. The van der Waals surface area contributed by atoms with Crippen molar-refractivity contribution < 1.29 is 9.84 Å². The minimum absolute atomic E-state index is 0.527. The molecule has 2 nitrogen and oxygen atoms in total. The normalized spacial score (nSPS) is 12.0. The van der Waals surface area contributed by atoms with Crippen molar-refractivity contribution >= 4 is 11.3 Å². The highest BCUT2D eigenvalue weighted by Crippen LogP contribution is 2.28. The lowest BCUT2D eigenvalue weighted by molar-refractivity contribution is 0.223. The molecule has 2 aromatic carbocycles. The number of aliphatic hydroxyl groups is 1. The highest BCUT2D eigenvalue weighted by atomic mass is 32.1. The van der Waals surface area contributed by atoms with Gasteiger partial charge in [-0.1, -0.05) is 48.5 Å². The standard InChI is InChI=1S/C18H16O2S/c19-18(17-10-5-11-21-17)15-8-4-9-16(12-15)20-13-14-6-2-1-3-7-14/h1-12,18-19H,13H2. The fourth-order valence-corrected chi connectivity index (χ4v) is 2.86. The van der Waals surface area contributed by atoms with E-state index in [0.29, 0.717) is 6.61 Å². The van der Waals surface area contributed by atoms with Gasteiger partial charge < -0.3 is 9.84 Å². The van der Waals surface area contributed by atoms with Crippen LogP contribution in [0.3, 0.4) is 0 Å². The molecule has 3 aromatic rings. The third-order valence-corrected chi connectivity index (χ3v) is 4.16. The summed E-state index contributed by atoms with van der Waals surface area (Å²) in [5, 5.41) is 12.3. The van der Waals surface area contributed by atoms with E-state index in [2.05, 4.69) is 0 Å². The Bertz CT molecular complexity index is 677. The number of rotatable bonds is 5. The van der Waals surface area contributed by atoms with Gasteiger partial charge in [-0.05, 0) is 34.7 Å². The van der Waals surface area contributed by atoms with Crippen molar-refractivity contribution in [3.63, 3.8) is 0 Å². The van der Waals surface area contributed by atoms with Crippen LogP contribution in [-0.2, 0) is 6.61 Å². The molecule has 3 rings (SSSR count). The molecule has 1 atom stereocenters. The largest absolute Gasteiger partial charge is 0.489 e. The van der Waals surface area contributed by atoms with E-state index in [1.165, 1.54) is 0 Å². The van der Waals surface area contributed by atoms with Crippen LogP contribution in [-0.4, -0.2) is 5.11 Å². The predicted molar refractivity (Wildman–Crippen MR) is 85.6 cm³/mol. The molecular formula is C18H16O2S. The van der Waals surface area contributed by atoms with Crippen LogP contribution in [0, 0.1) is 0 Å². The minimum atomic E-state index is -0.592. The molecule has 0 bridgehead atoms. The average molecular weight is 296 g/mol. The molecule has 0 aliphatic carbocycles. The van der Waals surface area contributed by atoms with Gasteiger partial charge >= 0.3 is 0 Å². The van der Waals surface area contributed by atoms with E-state index >= 15 is 0 Å². The molecule has 0 fully saturated rings. The Balaban J connectivity index is 1.71. The molecule has 0 aliphatic rings. The van der Waals surface area contributed by atoms with Crippen LogP contribution in [0.2, 0.25) is 0 Å². The van der Waals surface area contributed by atoms with Crippen molar-refractivity contribution in [2.24, 2.45) is 0 Å². The summed E-state index contributed by atoms with van der Waals surface area (Å²) in [5.74, 6) is 0.770. The molecule has 0 radical (unpaired) electrons. The molecule has 1 heterocycles. The Kier molecular flexibility index (Phi) is 4.34. The Morgan fingerprint density at radius 2 is 1.81 bits per heavy atom. The second-order valence-electron chi connectivity index (χ2n) is 4.76. The van der Waals surface area contributed by atoms with Gasteiger partial charge in [0.25, 0.3) is 0 Å². The number of ether oxygens (including phenoxy) is 1. The molecule has 0 aliphatic heterocycles. The fourth-order valence-electron chi connectivity index (χ4n) is 2.13. The van der Waals surface area contributed by atoms with Gasteiger partial charge in [0.1, 0.15) is 18.5 Å². The number of thiophene rings is 1. The summed E-state index contributed by atoms with van der Waals surface area (Å²) < 4.78 is 5.79. The van der Waals surface area contributed by atoms with E-state index < -0.39 is 6.10 Å². The monoisotopic (exact) mass is 296 g/mol. The Morgan fingerprint density at radius 1 is 0.952 bits per heavy atom. The topological polar surface area (TPSA) is 29.5 Å². The molecule has 0 amide bonds. The van der Waals surface area contributed by atoms with Gasteiger partial charge in [0.15, 0.2) is 0 Å². The zero-order valence-corrected chi connectivity index (χ0v) is 12.3. The van der Waals surface area contributed by atoms with Gasteiger partial charge in [-0.3, -0.25) is 0 Å². The van der Waals surface area contributed by atoms with Crippen molar-refractivity contribution in [1.82, 2.24) is 0 Å². The second kappa shape index (κ2) is 6.57. The maximum Gasteiger partial charge on any atom is 0.120 e. The minimum Gasteiger partial charge on any atom is -0.489 e. The molecule has 0 saturated carbocycles. The Labute approximate surface area is 128 Å². The SMILES string of the molecule is OC(c1cccc(OCc2ccccc2)c1)c1cccs1. The summed E-state index contributed by atoms with van der Waals surface area (Å²) in [4.78, 5) is 0.940. The number of aliphatic hydroxyl groups excluding tert-OH is 1. The van der Waals surface area contributed by atoms with Crippen LogP contribution in [0.4, 0.5) is 0 Å². The lowest BCUT2D eigenvalue weighted by Crippen LogP contribution is -1.99. The highest BCUT2D eigenvalue weighted by molar-refractivity contribution is 7.10. The van der Waals surface area contributed by atoms with Crippen molar-refractivity contribution in [3.05, 3.63) is 88.1 Å². The first-order valence-corrected chi connectivity index (χ1v) is 7.69. The third-order valence-electron chi connectivity index (χ3n) is 3.23. The van der Waals surface area contributed by atoms with Gasteiger partial charge in [0.05, 0.1) is 0 Å². The zero-order valence-electron chi connectivity index (χ0n) is 11.5. The van der Waals surface area contributed by atoms with Gasteiger partial charge in [0, 0.05) is 4.88 Å². The summed E-state index contributed by atoms with van der Waals surface area (Å²) in [7, 11) is 0. The van der Waals surface area contributed by atoms with E-state index in [1.807, 2.05) is 72.1 Å². The maximum atomic E-state index is 10.3. The Morgan fingerprint density at radius 3 is 2.57 bits per heavy atom. The van der Waals surface area contributed by atoms with Crippen molar-refractivity contribution in [3.8, 4) is 5.75 Å². The van der Waals surface area contributed by atoms with E-state index in [4.69, 9.17) is 4.74 Å². The van der Waals surface area contributed by atoms with E-state index in [0.717, 1.165) is 21.8 Å². The van der Waals surface area contributed by atoms with Crippen molar-refractivity contribution in [1.29, 1.82) is 0 Å². The van der Waals surface area contributed by atoms with Gasteiger partial charge in [-0.2, -0.15) is 0 Å². The fraction of sp³-hybridized carbons (Fsp3) is 0.111.